The molecule has 2 saturated heterocycles. The molecule has 4 nitrogen and oxygen atoms in total. The summed E-state index contributed by atoms with van der Waals surface area (Å²) in [6.45, 7) is 2.77. The summed E-state index contributed by atoms with van der Waals surface area (Å²) in [5, 5.41) is 3.34. The van der Waals surface area contributed by atoms with Gasteiger partial charge in [0.1, 0.15) is 6.10 Å². The molecule has 16 heavy (non-hydrogen) atoms. The molecular weight excluding hydrogens is 206 g/mol. The lowest BCUT2D eigenvalue weighted by atomic mass is 10.2. The molecule has 0 bridgehead atoms. The first kappa shape index (κ1) is 10.1. The van der Waals surface area contributed by atoms with Crippen molar-refractivity contribution in [2.24, 2.45) is 0 Å². The molecule has 0 aromatic heterocycles. The highest BCUT2D eigenvalue weighted by molar-refractivity contribution is 5.45. The fourth-order valence-corrected chi connectivity index (χ4v) is 1.58. The largest absolute Gasteiger partial charge is 0.374 e. The maximum Gasteiger partial charge on any atom is 0.186 e. The Hall–Kier alpha value is -1.10. The molecule has 2 unspecified atom stereocenters. The first-order valence-electron chi connectivity index (χ1n) is 5.53. The van der Waals surface area contributed by atoms with Gasteiger partial charge in [0.2, 0.25) is 0 Å². The minimum atomic E-state index is -0.309. The zero-order valence-corrected chi connectivity index (χ0v) is 9.02. The van der Waals surface area contributed by atoms with Crippen LogP contribution in [0, 0.1) is 0 Å². The average Bonchev–Trinajstić information content (AvgIpc) is 3.18. The number of rotatable bonds is 6. The second-order valence-electron chi connectivity index (χ2n) is 4.24. The van der Waals surface area contributed by atoms with Crippen molar-refractivity contribution in [3.63, 3.8) is 0 Å². The lowest BCUT2D eigenvalue weighted by Crippen LogP contribution is -2.30. The van der Waals surface area contributed by atoms with E-state index in [0.717, 1.165) is 12.3 Å². The number of hydrogen-bond acceptors (Lipinski definition) is 4. The Morgan fingerprint density at radius 1 is 1.38 bits per heavy atom. The molecule has 86 valence electrons. The normalized spacial score (nSPS) is 31.1. The fourth-order valence-electron chi connectivity index (χ4n) is 1.58. The Bertz CT molecular complexity index is 347. The summed E-state index contributed by atoms with van der Waals surface area (Å²) < 4.78 is 16.0. The van der Waals surface area contributed by atoms with Gasteiger partial charge in [-0.2, -0.15) is 0 Å². The van der Waals surface area contributed by atoms with Crippen LogP contribution in [-0.4, -0.2) is 38.3 Å². The van der Waals surface area contributed by atoms with E-state index in [9.17, 15) is 0 Å². The fraction of sp³-hybridized carbons (Fsp3) is 0.500. The van der Waals surface area contributed by atoms with Crippen LogP contribution in [0.3, 0.4) is 0 Å². The molecule has 1 aromatic rings. The van der Waals surface area contributed by atoms with Gasteiger partial charge in [-0.3, -0.25) is 0 Å². The molecule has 4 heteroatoms. The molecular formula is C12H15NO3. The SMILES string of the molecule is c1ccc(NC2(COCC3CO3)CO2)cc1. The summed E-state index contributed by atoms with van der Waals surface area (Å²) in [6, 6.07) is 10.0. The van der Waals surface area contributed by atoms with Crippen molar-refractivity contribution in [3.8, 4) is 0 Å². The van der Waals surface area contributed by atoms with Gasteiger partial charge in [-0.25, -0.2) is 0 Å². The van der Waals surface area contributed by atoms with E-state index in [0.29, 0.717) is 25.9 Å². The summed E-state index contributed by atoms with van der Waals surface area (Å²) in [7, 11) is 0. The van der Waals surface area contributed by atoms with Crippen molar-refractivity contribution in [1.82, 2.24) is 0 Å². The Balaban J connectivity index is 1.49. The van der Waals surface area contributed by atoms with Gasteiger partial charge in [0, 0.05) is 5.69 Å². The van der Waals surface area contributed by atoms with Crippen LogP contribution < -0.4 is 5.32 Å². The highest BCUT2D eigenvalue weighted by Gasteiger charge is 2.45. The monoisotopic (exact) mass is 221 g/mol. The van der Waals surface area contributed by atoms with E-state index in [2.05, 4.69) is 5.32 Å². The average molecular weight is 221 g/mol. The van der Waals surface area contributed by atoms with Gasteiger partial charge in [-0.15, -0.1) is 0 Å². The third kappa shape index (κ3) is 2.52. The number of ether oxygens (including phenoxy) is 3. The van der Waals surface area contributed by atoms with E-state index in [1.165, 1.54) is 0 Å². The number of epoxide rings is 2. The highest BCUT2D eigenvalue weighted by atomic mass is 16.6. The van der Waals surface area contributed by atoms with Crippen LogP contribution in [0.15, 0.2) is 30.3 Å². The number of benzene rings is 1. The van der Waals surface area contributed by atoms with Crippen molar-refractivity contribution in [2.45, 2.75) is 11.8 Å². The van der Waals surface area contributed by atoms with Crippen LogP contribution in [-0.2, 0) is 14.2 Å². The molecule has 2 aliphatic rings. The van der Waals surface area contributed by atoms with Gasteiger partial charge in [-0.05, 0) is 12.1 Å². The van der Waals surface area contributed by atoms with Crippen molar-refractivity contribution in [3.05, 3.63) is 30.3 Å². The molecule has 1 N–H and O–H groups in total. The zero-order valence-electron chi connectivity index (χ0n) is 9.02. The number of para-hydroxylation sites is 1. The second-order valence-corrected chi connectivity index (χ2v) is 4.24. The summed E-state index contributed by atoms with van der Waals surface area (Å²) in [5.41, 5.74) is 0.752. The third-order valence-corrected chi connectivity index (χ3v) is 2.68. The van der Waals surface area contributed by atoms with E-state index >= 15 is 0 Å². The summed E-state index contributed by atoms with van der Waals surface area (Å²) in [6.07, 6.45) is 0.313. The number of nitrogens with one attached hydrogen (secondary N) is 1. The zero-order chi connectivity index (χ0) is 10.8. The third-order valence-electron chi connectivity index (χ3n) is 2.68. The lowest BCUT2D eigenvalue weighted by molar-refractivity contribution is 0.0770. The maximum absolute atomic E-state index is 5.54. The molecule has 2 fully saturated rings. The first-order chi connectivity index (χ1) is 7.86. The first-order valence-corrected chi connectivity index (χ1v) is 5.53. The molecule has 0 amide bonds. The summed E-state index contributed by atoms with van der Waals surface area (Å²) in [5.74, 6) is 0. The minimum absolute atomic E-state index is 0.309. The van der Waals surface area contributed by atoms with E-state index in [1.54, 1.807) is 0 Å². The van der Waals surface area contributed by atoms with Crippen LogP contribution in [0.1, 0.15) is 0 Å². The Morgan fingerprint density at radius 2 is 2.12 bits per heavy atom. The van der Waals surface area contributed by atoms with E-state index in [4.69, 9.17) is 14.2 Å². The Kier molecular flexibility index (Phi) is 2.55. The summed E-state index contributed by atoms with van der Waals surface area (Å²) >= 11 is 0. The van der Waals surface area contributed by atoms with Gasteiger partial charge in [0.05, 0.1) is 26.4 Å². The molecule has 0 aliphatic carbocycles. The smallest absolute Gasteiger partial charge is 0.186 e. The van der Waals surface area contributed by atoms with Gasteiger partial charge >= 0.3 is 0 Å². The molecule has 2 atom stereocenters. The predicted molar refractivity (Wildman–Crippen MR) is 59.3 cm³/mol. The van der Waals surface area contributed by atoms with Crippen molar-refractivity contribution in [1.29, 1.82) is 0 Å². The van der Waals surface area contributed by atoms with Crippen LogP contribution in [0.25, 0.3) is 0 Å². The van der Waals surface area contributed by atoms with Gasteiger partial charge in [0.25, 0.3) is 0 Å². The molecule has 3 rings (SSSR count). The Labute approximate surface area is 94.5 Å². The van der Waals surface area contributed by atoms with Gasteiger partial charge in [-0.1, -0.05) is 18.2 Å². The maximum atomic E-state index is 5.54. The van der Waals surface area contributed by atoms with Gasteiger partial charge in [0.15, 0.2) is 5.72 Å². The van der Waals surface area contributed by atoms with Crippen LogP contribution in [0.5, 0.6) is 0 Å². The molecule has 0 spiro atoms. The van der Waals surface area contributed by atoms with Crippen molar-refractivity contribution >= 4 is 5.69 Å². The number of anilines is 1. The molecule has 2 aliphatic heterocycles. The standard InChI is InChI=1S/C12H15NO3/c1-2-4-10(5-3-1)13-12(9-16-12)8-14-6-11-7-15-11/h1-5,11,13H,6-9H2. The highest BCUT2D eigenvalue weighted by Crippen LogP contribution is 2.29. The van der Waals surface area contributed by atoms with E-state index in [1.807, 2.05) is 30.3 Å². The van der Waals surface area contributed by atoms with Crippen LogP contribution >= 0.6 is 0 Å². The van der Waals surface area contributed by atoms with Gasteiger partial charge < -0.3 is 19.5 Å². The number of hydrogen-bond donors (Lipinski definition) is 1. The van der Waals surface area contributed by atoms with Crippen LogP contribution in [0.4, 0.5) is 5.69 Å². The second kappa shape index (κ2) is 4.05. The lowest BCUT2D eigenvalue weighted by Gasteiger charge is -2.15. The predicted octanol–water partition coefficient (Wildman–Crippen LogP) is 1.24. The van der Waals surface area contributed by atoms with Crippen molar-refractivity contribution in [2.75, 3.05) is 31.7 Å². The van der Waals surface area contributed by atoms with Crippen molar-refractivity contribution < 1.29 is 14.2 Å². The molecule has 1 aromatic carbocycles. The van der Waals surface area contributed by atoms with E-state index in [-0.39, 0.29) is 5.72 Å². The van der Waals surface area contributed by atoms with E-state index < -0.39 is 0 Å². The molecule has 0 radical (unpaired) electrons. The minimum Gasteiger partial charge on any atom is -0.374 e. The Morgan fingerprint density at radius 3 is 2.75 bits per heavy atom. The topological polar surface area (TPSA) is 46.3 Å². The molecule has 0 saturated carbocycles. The summed E-state index contributed by atoms with van der Waals surface area (Å²) in [4.78, 5) is 0. The van der Waals surface area contributed by atoms with Crippen LogP contribution in [0.2, 0.25) is 0 Å². The molecule has 2 heterocycles. The quantitative estimate of drug-likeness (QED) is 0.734.